The Labute approximate surface area is 110 Å². The molecule has 3 heteroatoms. The largest absolute Gasteiger partial charge is 0.368 e. The molecule has 0 amide bonds. The van der Waals surface area contributed by atoms with Gasteiger partial charge in [-0.15, -0.1) is 0 Å². The van der Waals surface area contributed by atoms with Crippen LogP contribution in [0, 0.1) is 11.3 Å². The summed E-state index contributed by atoms with van der Waals surface area (Å²) >= 11 is 0. The van der Waals surface area contributed by atoms with E-state index in [0.29, 0.717) is 12.5 Å². The molecule has 0 fully saturated rings. The van der Waals surface area contributed by atoms with Crippen molar-refractivity contribution in [3.8, 4) is 6.07 Å². The van der Waals surface area contributed by atoms with Gasteiger partial charge >= 0.3 is 0 Å². The molecule has 98 valence electrons. The number of para-hydroxylation sites is 1. The maximum absolute atomic E-state index is 8.77. The maximum Gasteiger partial charge on any atom is 0.0640 e. The van der Waals surface area contributed by atoms with Crippen LogP contribution in [0.15, 0.2) is 24.3 Å². The van der Waals surface area contributed by atoms with E-state index in [1.807, 2.05) is 12.1 Å². The molecule has 1 aromatic rings. The molecule has 18 heavy (non-hydrogen) atoms. The maximum atomic E-state index is 8.77. The predicted octanol–water partition coefficient (Wildman–Crippen LogP) is 3.22. The minimum absolute atomic E-state index is 0.0598. The summed E-state index contributed by atoms with van der Waals surface area (Å²) in [6.45, 7) is 7.13. The summed E-state index contributed by atoms with van der Waals surface area (Å²) in [6.07, 6.45) is 1.45. The zero-order valence-corrected chi connectivity index (χ0v) is 11.6. The van der Waals surface area contributed by atoms with E-state index in [9.17, 15) is 0 Å². The Hall–Kier alpha value is -1.53. The van der Waals surface area contributed by atoms with Gasteiger partial charge in [-0.1, -0.05) is 25.1 Å². The van der Waals surface area contributed by atoms with Gasteiger partial charge < -0.3 is 10.6 Å². The molecule has 1 atom stereocenters. The number of nitriles is 1. The van der Waals surface area contributed by atoms with Gasteiger partial charge in [0, 0.05) is 24.3 Å². The number of rotatable bonds is 6. The van der Waals surface area contributed by atoms with Crippen LogP contribution in [0.25, 0.3) is 0 Å². The third kappa shape index (κ3) is 3.48. The molecule has 2 N–H and O–H groups in total. The highest BCUT2D eigenvalue weighted by atomic mass is 15.2. The minimum atomic E-state index is 0.0598. The summed E-state index contributed by atoms with van der Waals surface area (Å²) in [5.41, 5.74) is 8.51. The van der Waals surface area contributed by atoms with E-state index in [1.165, 1.54) is 5.56 Å². The Balaban J connectivity index is 3.07. The molecular formula is C15H23N3. The zero-order valence-electron chi connectivity index (χ0n) is 11.6. The second kappa shape index (κ2) is 7.03. The Bertz CT molecular complexity index is 406. The first-order valence-electron chi connectivity index (χ1n) is 6.59. The van der Waals surface area contributed by atoms with Crippen molar-refractivity contribution in [3.63, 3.8) is 0 Å². The van der Waals surface area contributed by atoms with E-state index in [4.69, 9.17) is 11.0 Å². The number of nitrogens with zero attached hydrogens (tertiary/aromatic N) is 2. The third-order valence-corrected chi connectivity index (χ3v) is 3.17. The molecule has 0 saturated heterocycles. The van der Waals surface area contributed by atoms with Crippen LogP contribution in [0.5, 0.6) is 0 Å². The van der Waals surface area contributed by atoms with E-state index < -0.39 is 0 Å². The van der Waals surface area contributed by atoms with Crippen LogP contribution in [0.2, 0.25) is 0 Å². The molecule has 1 aromatic carbocycles. The lowest BCUT2D eigenvalue weighted by molar-refractivity contribution is 0.657. The van der Waals surface area contributed by atoms with E-state index in [0.717, 1.165) is 18.7 Å². The standard InChI is InChI=1S/C15H23N3/c1-4-14(17)13-8-5-6-9-15(13)18(12(2)3)11-7-10-16/h5-6,8-9,12,14H,4,7,11,17H2,1-3H3. The van der Waals surface area contributed by atoms with Crippen LogP contribution < -0.4 is 10.6 Å². The second-order valence-electron chi connectivity index (χ2n) is 4.77. The summed E-state index contributed by atoms with van der Waals surface area (Å²) < 4.78 is 0. The molecule has 0 radical (unpaired) electrons. The number of anilines is 1. The Morgan fingerprint density at radius 2 is 2.00 bits per heavy atom. The molecule has 0 aliphatic rings. The van der Waals surface area contributed by atoms with Crippen LogP contribution in [0.4, 0.5) is 5.69 Å². The molecular weight excluding hydrogens is 222 g/mol. The van der Waals surface area contributed by atoms with Crippen molar-refractivity contribution in [1.82, 2.24) is 0 Å². The number of hydrogen-bond acceptors (Lipinski definition) is 3. The molecule has 0 aromatic heterocycles. The van der Waals surface area contributed by atoms with Gasteiger partial charge in [0.2, 0.25) is 0 Å². The van der Waals surface area contributed by atoms with Gasteiger partial charge in [0.25, 0.3) is 0 Å². The fourth-order valence-corrected chi connectivity index (χ4v) is 2.11. The minimum Gasteiger partial charge on any atom is -0.368 e. The number of hydrogen-bond donors (Lipinski definition) is 1. The molecule has 1 unspecified atom stereocenters. The Morgan fingerprint density at radius 3 is 2.56 bits per heavy atom. The lowest BCUT2D eigenvalue weighted by Crippen LogP contribution is -2.33. The third-order valence-electron chi connectivity index (χ3n) is 3.17. The van der Waals surface area contributed by atoms with Crippen molar-refractivity contribution in [2.24, 2.45) is 5.73 Å². The molecule has 0 bridgehead atoms. The molecule has 1 rings (SSSR count). The van der Waals surface area contributed by atoms with Crippen molar-refractivity contribution >= 4 is 5.69 Å². The van der Waals surface area contributed by atoms with Gasteiger partial charge in [-0.25, -0.2) is 0 Å². The number of nitrogens with two attached hydrogens (primary N) is 1. The van der Waals surface area contributed by atoms with Crippen molar-refractivity contribution in [2.75, 3.05) is 11.4 Å². The fraction of sp³-hybridized carbons (Fsp3) is 0.533. The first-order chi connectivity index (χ1) is 8.61. The van der Waals surface area contributed by atoms with Gasteiger partial charge in [0.15, 0.2) is 0 Å². The van der Waals surface area contributed by atoms with Crippen LogP contribution in [0.1, 0.15) is 45.2 Å². The average Bonchev–Trinajstić information content (AvgIpc) is 2.38. The normalized spacial score (nSPS) is 12.2. The summed E-state index contributed by atoms with van der Waals surface area (Å²) in [4.78, 5) is 2.26. The topological polar surface area (TPSA) is 53.0 Å². The van der Waals surface area contributed by atoms with Crippen LogP contribution in [0.3, 0.4) is 0 Å². The first-order valence-corrected chi connectivity index (χ1v) is 6.59. The van der Waals surface area contributed by atoms with Gasteiger partial charge in [-0.2, -0.15) is 5.26 Å². The summed E-state index contributed by atoms with van der Waals surface area (Å²) in [6, 6.07) is 10.9. The van der Waals surface area contributed by atoms with Gasteiger partial charge in [0.05, 0.1) is 12.5 Å². The molecule has 3 nitrogen and oxygen atoms in total. The molecule has 0 aliphatic heterocycles. The van der Waals surface area contributed by atoms with E-state index in [-0.39, 0.29) is 6.04 Å². The monoisotopic (exact) mass is 245 g/mol. The first kappa shape index (κ1) is 14.5. The predicted molar refractivity (Wildman–Crippen MR) is 76.4 cm³/mol. The Morgan fingerprint density at radius 1 is 1.33 bits per heavy atom. The zero-order chi connectivity index (χ0) is 13.5. The van der Waals surface area contributed by atoms with E-state index in [2.05, 4.69) is 43.9 Å². The van der Waals surface area contributed by atoms with Crippen LogP contribution >= 0.6 is 0 Å². The number of benzene rings is 1. The van der Waals surface area contributed by atoms with E-state index in [1.54, 1.807) is 0 Å². The van der Waals surface area contributed by atoms with Gasteiger partial charge in [0.1, 0.15) is 0 Å². The van der Waals surface area contributed by atoms with Crippen LogP contribution in [-0.2, 0) is 0 Å². The average molecular weight is 245 g/mol. The quantitative estimate of drug-likeness (QED) is 0.837. The van der Waals surface area contributed by atoms with Crippen molar-refractivity contribution in [1.29, 1.82) is 5.26 Å². The smallest absolute Gasteiger partial charge is 0.0640 e. The highest BCUT2D eigenvalue weighted by Crippen LogP contribution is 2.28. The van der Waals surface area contributed by atoms with Gasteiger partial charge in [-0.3, -0.25) is 0 Å². The van der Waals surface area contributed by atoms with Crippen molar-refractivity contribution < 1.29 is 0 Å². The summed E-state index contributed by atoms with van der Waals surface area (Å²) in [7, 11) is 0. The fourth-order valence-electron chi connectivity index (χ4n) is 2.11. The SMILES string of the molecule is CCC(N)c1ccccc1N(CCC#N)C(C)C. The van der Waals surface area contributed by atoms with Gasteiger partial charge in [-0.05, 0) is 31.9 Å². The molecule has 0 heterocycles. The molecule has 0 aliphatic carbocycles. The second-order valence-corrected chi connectivity index (χ2v) is 4.77. The van der Waals surface area contributed by atoms with E-state index >= 15 is 0 Å². The molecule has 0 saturated carbocycles. The summed E-state index contributed by atoms with van der Waals surface area (Å²) in [5.74, 6) is 0. The highest BCUT2D eigenvalue weighted by molar-refractivity contribution is 5.55. The molecule has 0 spiro atoms. The summed E-state index contributed by atoms with van der Waals surface area (Å²) in [5, 5.41) is 8.77. The lowest BCUT2D eigenvalue weighted by atomic mass is 10.0. The van der Waals surface area contributed by atoms with Crippen LogP contribution in [-0.4, -0.2) is 12.6 Å². The van der Waals surface area contributed by atoms with Crippen molar-refractivity contribution in [2.45, 2.75) is 45.7 Å². The lowest BCUT2D eigenvalue weighted by Gasteiger charge is -2.31. The van der Waals surface area contributed by atoms with Crippen molar-refractivity contribution in [3.05, 3.63) is 29.8 Å². The highest BCUT2D eigenvalue weighted by Gasteiger charge is 2.16. The Kier molecular flexibility index (Phi) is 5.67.